The molecule has 0 saturated heterocycles. The van der Waals surface area contributed by atoms with Gasteiger partial charge in [-0.3, -0.25) is 4.68 Å². The van der Waals surface area contributed by atoms with E-state index in [9.17, 15) is 9.59 Å². The smallest absolute Gasteiger partial charge is 0.344 e. The van der Waals surface area contributed by atoms with Gasteiger partial charge >= 0.3 is 11.9 Å². The maximum Gasteiger partial charge on any atom is 0.344 e. The van der Waals surface area contributed by atoms with E-state index < -0.39 is 18.5 Å². The van der Waals surface area contributed by atoms with E-state index in [-0.39, 0.29) is 6.10 Å². The average Bonchev–Trinajstić information content (AvgIpc) is 2.86. The number of carbonyl (C=O) groups is 2. The zero-order valence-electron chi connectivity index (χ0n) is 15.9. The maximum atomic E-state index is 11.8. The Kier molecular flexibility index (Phi) is 7.19. The molecule has 0 atom stereocenters. The number of rotatable bonds is 7. The third kappa shape index (κ3) is 5.96. The van der Waals surface area contributed by atoms with Crippen molar-refractivity contribution >= 4 is 29.6 Å². The summed E-state index contributed by atoms with van der Waals surface area (Å²) in [6.07, 6.45) is 2.66. The molecule has 0 radical (unpaired) electrons. The van der Waals surface area contributed by atoms with Crippen LogP contribution in [0.4, 0.5) is 0 Å². The first-order valence-electron chi connectivity index (χ1n) is 8.59. The monoisotopic (exact) mass is 390 g/mol. The van der Waals surface area contributed by atoms with E-state index in [2.05, 4.69) is 5.10 Å². The molecule has 7 heteroatoms. The molecule has 27 heavy (non-hydrogen) atoms. The molecule has 0 fully saturated rings. The number of aromatic nitrogens is 2. The minimum Gasteiger partial charge on any atom is -0.460 e. The second-order valence-corrected chi connectivity index (χ2v) is 6.72. The standard InChI is InChI=1S/C20H23ClN2O4/c1-13(2)27-20(25)12-26-19(24)10-9-17-14(3)22-23(15(17)4)11-16-7-5-6-8-18(16)21/h5-10,13H,11-12H2,1-4H3/b10-9+. The summed E-state index contributed by atoms with van der Waals surface area (Å²) in [5.74, 6) is -1.19. The van der Waals surface area contributed by atoms with E-state index in [1.165, 1.54) is 6.08 Å². The first-order valence-corrected chi connectivity index (χ1v) is 8.97. The second kappa shape index (κ2) is 9.37. The van der Waals surface area contributed by atoms with E-state index in [1.54, 1.807) is 19.9 Å². The summed E-state index contributed by atoms with van der Waals surface area (Å²) in [5.41, 5.74) is 3.46. The number of halogens is 1. The van der Waals surface area contributed by atoms with Gasteiger partial charge in [0.15, 0.2) is 6.61 Å². The van der Waals surface area contributed by atoms with Gasteiger partial charge in [0, 0.05) is 22.4 Å². The SMILES string of the molecule is Cc1nn(Cc2ccccc2Cl)c(C)c1/C=C/C(=O)OCC(=O)OC(C)C. The Hall–Kier alpha value is -2.60. The topological polar surface area (TPSA) is 70.4 Å². The van der Waals surface area contributed by atoms with Crippen molar-refractivity contribution in [3.8, 4) is 0 Å². The fourth-order valence-corrected chi connectivity index (χ4v) is 2.72. The summed E-state index contributed by atoms with van der Waals surface area (Å²) in [7, 11) is 0. The molecular formula is C20H23ClN2O4. The van der Waals surface area contributed by atoms with Crippen LogP contribution in [0.5, 0.6) is 0 Å². The lowest BCUT2D eigenvalue weighted by atomic mass is 10.1. The number of carbonyl (C=O) groups excluding carboxylic acids is 2. The van der Waals surface area contributed by atoms with Crippen molar-refractivity contribution in [2.24, 2.45) is 0 Å². The van der Waals surface area contributed by atoms with Crippen molar-refractivity contribution in [1.82, 2.24) is 9.78 Å². The predicted octanol–water partition coefficient (Wildman–Crippen LogP) is 3.71. The van der Waals surface area contributed by atoms with Crippen LogP contribution in [0.25, 0.3) is 6.08 Å². The van der Waals surface area contributed by atoms with E-state index >= 15 is 0 Å². The van der Waals surface area contributed by atoms with Crippen LogP contribution in [0.1, 0.15) is 36.4 Å². The number of nitrogens with zero attached hydrogens (tertiary/aromatic N) is 2. The van der Waals surface area contributed by atoms with Crippen molar-refractivity contribution in [2.75, 3.05) is 6.61 Å². The van der Waals surface area contributed by atoms with Crippen molar-refractivity contribution < 1.29 is 19.1 Å². The molecule has 2 rings (SSSR count). The zero-order valence-corrected chi connectivity index (χ0v) is 16.6. The third-order valence-electron chi connectivity index (χ3n) is 3.80. The van der Waals surface area contributed by atoms with Crippen molar-refractivity contribution in [1.29, 1.82) is 0 Å². The maximum absolute atomic E-state index is 11.8. The van der Waals surface area contributed by atoms with Crippen LogP contribution in [0.15, 0.2) is 30.3 Å². The highest BCUT2D eigenvalue weighted by atomic mass is 35.5. The van der Waals surface area contributed by atoms with Gasteiger partial charge in [0.1, 0.15) is 0 Å². The Morgan fingerprint density at radius 1 is 1.26 bits per heavy atom. The summed E-state index contributed by atoms with van der Waals surface area (Å²) in [6.45, 7) is 7.36. The molecular weight excluding hydrogens is 368 g/mol. The number of ether oxygens (including phenoxy) is 2. The summed E-state index contributed by atoms with van der Waals surface area (Å²) >= 11 is 6.21. The average molecular weight is 391 g/mol. The molecule has 144 valence electrons. The van der Waals surface area contributed by atoms with Gasteiger partial charge in [-0.15, -0.1) is 0 Å². The fraction of sp³-hybridized carbons (Fsp3) is 0.350. The van der Waals surface area contributed by atoms with Gasteiger partial charge in [0.2, 0.25) is 0 Å². The van der Waals surface area contributed by atoms with Crippen LogP contribution >= 0.6 is 11.6 Å². The minimum absolute atomic E-state index is 0.249. The van der Waals surface area contributed by atoms with Gasteiger partial charge in [-0.25, -0.2) is 9.59 Å². The molecule has 0 saturated carbocycles. The molecule has 0 unspecified atom stereocenters. The van der Waals surface area contributed by atoms with Gasteiger partial charge in [-0.05, 0) is 45.4 Å². The molecule has 0 bridgehead atoms. The largest absolute Gasteiger partial charge is 0.460 e. The summed E-state index contributed by atoms with van der Waals surface area (Å²) < 4.78 is 11.6. The van der Waals surface area contributed by atoms with Crippen molar-refractivity contribution in [3.05, 3.63) is 57.9 Å². The normalized spacial score (nSPS) is 11.2. The van der Waals surface area contributed by atoms with E-state index in [1.807, 2.05) is 42.8 Å². The first-order chi connectivity index (χ1) is 12.8. The highest BCUT2D eigenvalue weighted by molar-refractivity contribution is 6.31. The number of aryl methyl sites for hydroxylation is 1. The van der Waals surface area contributed by atoms with E-state index in [0.717, 1.165) is 22.5 Å². The van der Waals surface area contributed by atoms with Gasteiger partial charge in [0.05, 0.1) is 18.3 Å². The van der Waals surface area contributed by atoms with Crippen molar-refractivity contribution in [2.45, 2.75) is 40.3 Å². The molecule has 1 aromatic heterocycles. The molecule has 0 aliphatic heterocycles. The lowest BCUT2D eigenvalue weighted by Crippen LogP contribution is -2.18. The Balaban J connectivity index is 2.03. The van der Waals surface area contributed by atoms with Crippen LogP contribution in [0.3, 0.4) is 0 Å². The molecule has 0 N–H and O–H groups in total. The van der Waals surface area contributed by atoms with Crippen LogP contribution in [-0.4, -0.2) is 34.4 Å². The second-order valence-electron chi connectivity index (χ2n) is 6.31. The summed E-state index contributed by atoms with van der Waals surface area (Å²) in [6, 6.07) is 7.59. The van der Waals surface area contributed by atoms with Crippen LogP contribution < -0.4 is 0 Å². The number of hydrogen-bond acceptors (Lipinski definition) is 5. The highest BCUT2D eigenvalue weighted by Gasteiger charge is 2.12. The first kappa shape index (κ1) is 20.7. The van der Waals surface area contributed by atoms with Crippen LogP contribution in [-0.2, 0) is 25.6 Å². The number of hydrogen-bond donors (Lipinski definition) is 0. The van der Waals surface area contributed by atoms with Gasteiger partial charge in [0.25, 0.3) is 0 Å². The quantitative estimate of drug-likeness (QED) is 0.532. The summed E-state index contributed by atoms with van der Waals surface area (Å²) in [5, 5.41) is 5.19. The minimum atomic E-state index is -0.617. The number of benzene rings is 1. The Morgan fingerprint density at radius 3 is 2.63 bits per heavy atom. The molecule has 6 nitrogen and oxygen atoms in total. The Bertz CT molecular complexity index is 856. The van der Waals surface area contributed by atoms with Crippen molar-refractivity contribution in [3.63, 3.8) is 0 Å². The van der Waals surface area contributed by atoms with Gasteiger partial charge in [-0.1, -0.05) is 29.8 Å². The predicted molar refractivity (Wildman–Crippen MR) is 103 cm³/mol. The molecule has 0 amide bonds. The number of esters is 2. The lowest BCUT2D eigenvalue weighted by molar-refractivity contribution is -0.158. The van der Waals surface area contributed by atoms with Crippen LogP contribution in [0, 0.1) is 13.8 Å². The van der Waals surface area contributed by atoms with E-state index in [0.29, 0.717) is 11.6 Å². The lowest BCUT2D eigenvalue weighted by Gasteiger charge is -2.07. The molecule has 1 heterocycles. The van der Waals surface area contributed by atoms with Gasteiger partial charge in [-0.2, -0.15) is 5.10 Å². The third-order valence-corrected chi connectivity index (χ3v) is 4.17. The highest BCUT2D eigenvalue weighted by Crippen LogP contribution is 2.20. The molecule has 2 aromatic rings. The fourth-order valence-electron chi connectivity index (χ4n) is 2.52. The molecule has 0 aliphatic rings. The van der Waals surface area contributed by atoms with E-state index in [4.69, 9.17) is 21.1 Å². The molecule has 1 aromatic carbocycles. The molecule has 0 spiro atoms. The zero-order chi connectivity index (χ0) is 20.0. The van der Waals surface area contributed by atoms with Crippen LogP contribution in [0.2, 0.25) is 5.02 Å². The Morgan fingerprint density at radius 2 is 1.96 bits per heavy atom. The van der Waals surface area contributed by atoms with Gasteiger partial charge < -0.3 is 9.47 Å². The molecule has 0 aliphatic carbocycles. The Labute approximate surface area is 163 Å². The summed E-state index contributed by atoms with van der Waals surface area (Å²) in [4.78, 5) is 23.2.